The highest BCUT2D eigenvalue weighted by Crippen LogP contribution is 2.64. The van der Waals surface area contributed by atoms with E-state index in [9.17, 15) is 0 Å². The summed E-state index contributed by atoms with van der Waals surface area (Å²) in [4.78, 5) is 2.75. The summed E-state index contributed by atoms with van der Waals surface area (Å²) in [6.07, 6.45) is 6.85. The van der Waals surface area contributed by atoms with Crippen molar-refractivity contribution in [3.63, 3.8) is 0 Å². The quantitative estimate of drug-likeness (QED) is 0.241. The van der Waals surface area contributed by atoms with E-state index in [4.69, 9.17) is 9.47 Å². The molecule has 0 saturated carbocycles. The minimum absolute atomic E-state index is 0.135. The van der Waals surface area contributed by atoms with Crippen LogP contribution in [0.5, 0.6) is 0 Å². The molecule has 3 nitrogen and oxygen atoms in total. The maximum atomic E-state index is 5.65. The third-order valence-corrected chi connectivity index (χ3v) is 14.4. The number of benzene rings is 1. The molecule has 0 bridgehead atoms. The number of nitrogens with zero attached hydrogens (tertiary/aromatic N) is 1. The van der Waals surface area contributed by atoms with Crippen molar-refractivity contribution in [2.24, 2.45) is 0 Å². The average Bonchev–Trinajstić information content (AvgIpc) is 3.53. The lowest BCUT2D eigenvalue weighted by Gasteiger charge is -2.26. The largest absolute Gasteiger partial charge is 0.382 e. The summed E-state index contributed by atoms with van der Waals surface area (Å²) in [6.45, 7) is 16.8. The first-order valence-electron chi connectivity index (χ1n) is 12.8. The van der Waals surface area contributed by atoms with Crippen molar-refractivity contribution >= 4 is 70.6 Å². The third-order valence-electron chi connectivity index (χ3n) is 6.09. The van der Waals surface area contributed by atoms with Crippen LogP contribution in [0.25, 0.3) is 0 Å². The van der Waals surface area contributed by atoms with Gasteiger partial charge in [-0.15, -0.1) is 23.5 Å². The van der Waals surface area contributed by atoms with Crippen molar-refractivity contribution in [1.82, 2.24) is 4.57 Å². The van der Waals surface area contributed by atoms with E-state index in [2.05, 4.69) is 83.0 Å². The Morgan fingerprint density at radius 2 is 1.34 bits per heavy atom. The molecule has 2 aliphatic heterocycles. The third kappa shape index (κ3) is 8.05. The molecule has 0 saturated heterocycles. The second-order valence-electron chi connectivity index (χ2n) is 11.3. The van der Waals surface area contributed by atoms with Gasteiger partial charge in [-0.3, -0.25) is 0 Å². The Bertz CT molecular complexity index is 1140. The molecule has 0 atom stereocenters. The van der Waals surface area contributed by atoms with Gasteiger partial charge in [0.2, 0.25) is 0 Å². The van der Waals surface area contributed by atoms with Gasteiger partial charge in [-0.05, 0) is 33.8 Å². The van der Waals surface area contributed by atoms with Crippen LogP contribution in [0.15, 0.2) is 57.3 Å². The van der Waals surface area contributed by atoms with E-state index in [-0.39, 0.29) is 10.8 Å². The Hall–Kier alpha value is -0.000000000000000111. The van der Waals surface area contributed by atoms with Gasteiger partial charge in [0, 0.05) is 41.6 Å². The molecule has 9 heteroatoms. The van der Waals surface area contributed by atoms with Crippen LogP contribution in [0.3, 0.4) is 0 Å². The van der Waals surface area contributed by atoms with Gasteiger partial charge in [0.1, 0.15) is 0 Å². The highest BCUT2D eigenvalue weighted by atomic mass is 32.3. The summed E-state index contributed by atoms with van der Waals surface area (Å²) in [7, 11) is 1.71. The number of thioether (sulfide) groups is 6. The van der Waals surface area contributed by atoms with Gasteiger partial charge >= 0.3 is 0 Å². The molecule has 4 rings (SSSR count). The predicted octanol–water partition coefficient (Wildman–Crippen LogP) is 9.82. The van der Waals surface area contributed by atoms with Crippen LogP contribution in [0.1, 0.15) is 58.2 Å². The van der Waals surface area contributed by atoms with Crippen molar-refractivity contribution < 1.29 is 9.47 Å². The molecule has 3 heterocycles. The fourth-order valence-corrected chi connectivity index (χ4v) is 12.1. The maximum Gasteiger partial charge on any atom is 0.0717 e. The monoisotopic (exact) mass is 625 g/mol. The molecular formula is C29H39NO2S6. The Morgan fingerprint density at radius 3 is 1.89 bits per heavy atom. The molecule has 0 spiro atoms. The fourth-order valence-electron chi connectivity index (χ4n) is 3.88. The van der Waals surface area contributed by atoms with Gasteiger partial charge in [0.25, 0.3) is 0 Å². The van der Waals surface area contributed by atoms with Crippen LogP contribution < -0.4 is 0 Å². The van der Waals surface area contributed by atoms with Crippen LogP contribution in [0.2, 0.25) is 0 Å². The van der Waals surface area contributed by atoms with E-state index < -0.39 is 0 Å². The Morgan fingerprint density at radius 1 is 0.763 bits per heavy atom. The molecule has 2 aliphatic rings. The van der Waals surface area contributed by atoms with Gasteiger partial charge in [-0.25, -0.2) is 0 Å². The number of rotatable bonds is 10. The molecule has 0 N–H and O–H groups in total. The molecule has 0 unspecified atom stereocenters. The molecule has 38 heavy (non-hydrogen) atoms. The van der Waals surface area contributed by atoms with E-state index in [0.29, 0.717) is 13.2 Å². The Balaban J connectivity index is 1.41. The summed E-state index contributed by atoms with van der Waals surface area (Å²) >= 11 is 11.5. The lowest BCUT2D eigenvalue weighted by molar-refractivity contribution is 0.0790. The van der Waals surface area contributed by atoms with E-state index in [1.807, 2.05) is 70.6 Å². The Kier molecular flexibility index (Phi) is 10.8. The summed E-state index contributed by atoms with van der Waals surface area (Å²) < 4.78 is 18.7. The highest BCUT2D eigenvalue weighted by molar-refractivity contribution is 8.42. The number of ether oxygens (including phenoxy) is 2. The van der Waals surface area contributed by atoms with Crippen LogP contribution in [0, 0.1) is 0 Å². The molecule has 1 aromatic carbocycles. The summed E-state index contributed by atoms with van der Waals surface area (Å²) in [6, 6.07) is 7.20. The Labute approximate surface area is 254 Å². The molecule has 0 aliphatic carbocycles. The smallest absolute Gasteiger partial charge is 0.0717 e. The van der Waals surface area contributed by atoms with Crippen molar-refractivity contribution in [3.8, 4) is 0 Å². The number of aromatic nitrogens is 1. The number of hydrogen-bond acceptors (Lipinski definition) is 8. The summed E-state index contributed by atoms with van der Waals surface area (Å²) in [5.41, 5.74) is 4.48. The van der Waals surface area contributed by atoms with Crippen molar-refractivity contribution in [2.45, 2.75) is 68.7 Å². The zero-order valence-electron chi connectivity index (χ0n) is 23.6. The highest BCUT2D eigenvalue weighted by Gasteiger charge is 2.29. The standard InChI is InChI=1S/C29H39NO2S6/c1-28(2,3)20-13-19(14-21(15-20)29(4,5)6)16-30-17-22-23(18-30)36-26(35-22)27-37-24(33-8)25(38-27)34-12-11-32-10-9-31-7/h13-15,17-18H,9-12,16H2,1-8H3. The van der Waals surface area contributed by atoms with Crippen LogP contribution in [-0.2, 0) is 26.8 Å². The van der Waals surface area contributed by atoms with E-state index in [1.54, 1.807) is 7.11 Å². The minimum atomic E-state index is 0.135. The second-order valence-corrected chi connectivity index (χ2v) is 18.4. The topological polar surface area (TPSA) is 23.4 Å². The fraction of sp³-hybridized carbons (Fsp3) is 0.517. The minimum Gasteiger partial charge on any atom is -0.382 e. The van der Waals surface area contributed by atoms with Gasteiger partial charge < -0.3 is 14.0 Å². The van der Waals surface area contributed by atoms with Crippen molar-refractivity contribution in [2.75, 3.05) is 38.9 Å². The SMILES string of the molecule is COCCOCCSC1=C(SC)SC(=C2Sc3cn(Cc4cc(C(C)(C)C)cc(C(C)(C)C)c4)cc3S2)S1. The van der Waals surface area contributed by atoms with Crippen LogP contribution in [-0.4, -0.2) is 43.5 Å². The second kappa shape index (κ2) is 13.3. The zero-order valence-corrected chi connectivity index (χ0v) is 28.5. The lowest BCUT2D eigenvalue weighted by Crippen LogP contribution is -2.17. The number of hydrogen-bond donors (Lipinski definition) is 0. The molecule has 208 valence electrons. The van der Waals surface area contributed by atoms with E-state index >= 15 is 0 Å². The van der Waals surface area contributed by atoms with Crippen molar-refractivity contribution in [1.29, 1.82) is 0 Å². The zero-order chi connectivity index (χ0) is 27.5. The maximum absolute atomic E-state index is 5.65. The normalized spacial score (nSPS) is 16.2. The van der Waals surface area contributed by atoms with E-state index in [0.717, 1.165) is 18.9 Å². The molecule has 0 amide bonds. The first-order chi connectivity index (χ1) is 18.0. The molecule has 0 fully saturated rings. The molecular weight excluding hydrogens is 587 g/mol. The molecule has 1 aromatic heterocycles. The van der Waals surface area contributed by atoms with Crippen molar-refractivity contribution in [3.05, 3.63) is 64.2 Å². The van der Waals surface area contributed by atoms with Crippen LogP contribution in [0.4, 0.5) is 0 Å². The van der Waals surface area contributed by atoms with Gasteiger partial charge in [-0.2, -0.15) is 0 Å². The first-order valence-corrected chi connectivity index (χ1v) is 18.2. The van der Waals surface area contributed by atoms with Gasteiger partial charge in [0.15, 0.2) is 0 Å². The summed E-state index contributed by atoms with van der Waals surface area (Å²) in [5.74, 6) is 0.970. The lowest BCUT2D eigenvalue weighted by atomic mass is 9.79. The molecule has 0 radical (unpaired) electrons. The first kappa shape index (κ1) is 30.9. The average molecular weight is 626 g/mol. The summed E-state index contributed by atoms with van der Waals surface area (Å²) in [5, 5.41) is 0. The van der Waals surface area contributed by atoms with Gasteiger partial charge in [-0.1, -0.05) is 107 Å². The molecule has 2 aromatic rings. The number of methoxy groups -OCH3 is 1. The number of fused-ring (bicyclic) bond motifs is 1. The van der Waals surface area contributed by atoms with Crippen LogP contribution >= 0.6 is 70.6 Å². The van der Waals surface area contributed by atoms with Gasteiger partial charge in [0.05, 0.1) is 36.8 Å². The predicted molar refractivity (Wildman–Crippen MR) is 177 cm³/mol. The van der Waals surface area contributed by atoms with E-state index in [1.165, 1.54) is 43.4 Å².